The standard InChI is InChI=1S/C12H16FNO2S/c1-7(6-15)8(2)14-12(16)10-5-9(17)3-4-11(10)13/h3-5,7-8,15,17H,6H2,1-2H3,(H,14,16). The first kappa shape index (κ1) is 14.0. The molecule has 0 aromatic heterocycles. The molecule has 17 heavy (non-hydrogen) atoms. The molecule has 1 aromatic carbocycles. The summed E-state index contributed by atoms with van der Waals surface area (Å²) in [5.74, 6) is -1.16. The Balaban J connectivity index is 2.79. The molecule has 5 heteroatoms. The number of nitrogens with one attached hydrogen (secondary N) is 1. The Morgan fingerprint density at radius 1 is 1.53 bits per heavy atom. The van der Waals surface area contributed by atoms with Crippen molar-refractivity contribution in [1.82, 2.24) is 5.32 Å². The second kappa shape index (κ2) is 6.02. The van der Waals surface area contributed by atoms with E-state index in [4.69, 9.17) is 5.11 Å². The third kappa shape index (κ3) is 3.71. The summed E-state index contributed by atoms with van der Waals surface area (Å²) in [7, 11) is 0. The summed E-state index contributed by atoms with van der Waals surface area (Å²) >= 11 is 4.06. The normalized spacial score (nSPS) is 14.2. The lowest BCUT2D eigenvalue weighted by molar-refractivity contribution is 0.0912. The van der Waals surface area contributed by atoms with E-state index in [0.717, 1.165) is 0 Å². The molecule has 0 saturated carbocycles. The zero-order chi connectivity index (χ0) is 13.0. The zero-order valence-electron chi connectivity index (χ0n) is 9.77. The molecule has 1 aromatic rings. The maximum atomic E-state index is 13.4. The van der Waals surface area contributed by atoms with E-state index in [1.54, 1.807) is 13.8 Å². The largest absolute Gasteiger partial charge is 0.396 e. The molecule has 0 radical (unpaired) electrons. The Kier molecular flexibility index (Phi) is 4.96. The van der Waals surface area contributed by atoms with Crippen LogP contribution in [-0.4, -0.2) is 23.7 Å². The minimum atomic E-state index is -0.579. The maximum absolute atomic E-state index is 13.4. The van der Waals surface area contributed by atoms with E-state index in [0.29, 0.717) is 4.90 Å². The van der Waals surface area contributed by atoms with Crippen LogP contribution in [0.25, 0.3) is 0 Å². The van der Waals surface area contributed by atoms with E-state index in [1.165, 1.54) is 18.2 Å². The number of carbonyl (C=O) groups excluding carboxylic acids is 1. The quantitative estimate of drug-likeness (QED) is 0.721. The van der Waals surface area contributed by atoms with Crippen molar-refractivity contribution in [2.75, 3.05) is 6.61 Å². The molecule has 0 heterocycles. The Morgan fingerprint density at radius 3 is 2.76 bits per heavy atom. The second-order valence-electron chi connectivity index (χ2n) is 4.09. The first-order valence-corrected chi connectivity index (χ1v) is 5.80. The van der Waals surface area contributed by atoms with E-state index in [1.807, 2.05) is 0 Å². The highest BCUT2D eigenvalue weighted by molar-refractivity contribution is 7.80. The average Bonchev–Trinajstić information content (AvgIpc) is 2.30. The minimum absolute atomic E-state index is 0.0312. The van der Waals surface area contributed by atoms with Gasteiger partial charge in [-0.1, -0.05) is 6.92 Å². The van der Waals surface area contributed by atoms with Crippen LogP contribution in [0, 0.1) is 11.7 Å². The monoisotopic (exact) mass is 257 g/mol. The van der Waals surface area contributed by atoms with Gasteiger partial charge in [-0.25, -0.2) is 4.39 Å². The molecule has 2 atom stereocenters. The number of carbonyl (C=O) groups is 1. The van der Waals surface area contributed by atoms with Gasteiger partial charge in [0.25, 0.3) is 5.91 Å². The van der Waals surface area contributed by atoms with Gasteiger partial charge in [0.05, 0.1) is 5.56 Å². The van der Waals surface area contributed by atoms with Gasteiger partial charge in [-0.05, 0) is 31.0 Å². The fourth-order valence-corrected chi connectivity index (χ4v) is 1.48. The fraction of sp³-hybridized carbons (Fsp3) is 0.417. The van der Waals surface area contributed by atoms with Crippen LogP contribution in [-0.2, 0) is 0 Å². The Bertz CT molecular complexity index is 411. The van der Waals surface area contributed by atoms with E-state index in [2.05, 4.69) is 17.9 Å². The summed E-state index contributed by atoms with van der Waals surface area (Å²) in [4.78, 5) is 12.3. The topological polar surface area (TPSA) is 49.3 Å². The van der Waals surface area contributed by atoms with Crippen molar-refractivity contribution in [3.63, 3.8) is 0 Å². The van der Waals surface area contributed by atoms with Crippen molar-refractivity contribution in [2.45, 2.75) is 24.8 Å². The Labute approximate surface area is 105 Å². The molecule has 0 saturated heterocycles. The number of hydrogen-bond donors (Lipinski definition) is 3. The highest BCUT2D eigenvalue weighted by atomic mass is 32.1. The SMILES string of the molecule is CC(CO)C(C)NC(=O)c1cc(S)ccc1F. The lowest BCUT2D eigenvalue weighted by Gasteiger charge is -2.19. The van der Waals surface area contributed by atoms with Crippen molar-refractivity contribution in [2.24, 2.45) is 5.92 Å². The van der Waals surface area contributed by atoms with Crippen LogP contribution in [0.2, 0.25) is 0 Å². The van der Waals surface area contributed by atoms with Crippen molar-refractivity contribution >= 4 is 18.5 Å². The van der Waals surface area contributed by atoms with Gasteiger partial charge in [0, 0.05) is 17.5 Å². The van der Waals surface area contributed by atoms with Crippen LogP contribution in [0.4, 0.5) is 4.39 Å². The maximum Gasteiger partial charge on any atom is 0.254 e. The summed E-state index contributed by atoms with van der Waals surface area (Å²) in [6.07, 6.45) is 0. The molecule has 1 amide bonds. The van der Waals surface area contributed by atoms with Crippen LogP contribution in [0.15, 0.2) is 23.1 Å². The average molecular weight is 257 g/mol. The van der Waals surface area contributed by atoms with Crippen molar-refractivity contribution < 1.29 is 14.3 Å². The molecular formula is C12H16FNO2S. The number of aliphatic hydroxyl groups is 1. The molecule has 0 bridgehead atoms. The molecule has 0 spiro atoms. The number of aliphatic hydroxyl groups excluding tert-OH is 1. The molecule has 2 unspecified atom stereocenters. The highest BCUT2D eigenvalue weighted by Gasteiger charge is 2.17. The lowest BCUT2D eigenvalue weighted by atomic mass is 10.0. The van der Waals surface area contributed by atoms with Crippen LogP contribution < -0.4 is 5.32 Å². The second-order valence-corrected chi connectivity index (χ2v) is 4.60. The minimum Gasteiger partial charge on any atom is -0.396 e. The van der Waals surface area contributed by atoms with Crippen molar-refractivity contribution in [3.05, 3.63) is 29.6 Å². The number of benzene rings is 1. The van der Waals surface area contributed by atoms with E-state index in [-0.39, 0.29) is 24.1 Å². The molecule has 0 aliphatic carbocycles. The molecular weight excluding hydrogens is 241 g/mol. The van der Waals surface area contributed by atoms with Gasteiger partial charge in [-0.2, -0.15) is 0 Å². The molecule has 1 rings (SSSR count). The number of hydrogen-bond acceptors (Lipinski definition) is 3. The predicted molar refractivity (Wildman–Crippen MR) is 66.8 cm³/mol. The number of rotatable bonds is 4. The highest BCUT2D eigenvalue weighted by Crippen LogP contribution is 2.14. The molecule has 3 nitrogen and oxygen atoms in total. The van der Waals surface area contributed by atoms with Crippen LogP contribution in [0.1, 0.15) is 24.2 Å². The summed E-state index contributed by atoms with van der Waals surface area (Å²) in [5.41, 5.74) is -0.0329. The first-order chi connectivity index (χ1) is 7.95. The predicted octanol–water partition coefficient (Wildman–Crippen LogP) is 1.86. The number of amides is 1. The molecule has 0 fully saturated rings. The van der Waals surface area contributed by atoms with E-state index >= 15 is 0 Å². The van der Waals surface area contributed by atoms with Gasteiger partial charge < -0.3 is 10.4 Å². The Morgan fingerprint density at radius 2 is 2.18 bits per heavy atom. The summed E-state index contributed by atoms with van der Waals surface area (Å²) in [6, 6.07) is 3.84. The van der Waals surface area contributed by atoms with Gasteiger partial charge in [-0.15, -0.1) is 12.6 Å². The van der Waals surface area contributed by atoms with Gasteiger partial charge >= 0.3 is 0 Å². The zero-order valence-corrected chi connectivity index (χ0v) is 10.7. The Hall–Kier alpha value is -1.07. The number of thiol groups is 1. The third-order valence-corrected chi connectivity index (χ3v) is 2.97. The van der Waals surface area contributed by atoms with Gasteiger partial charge in [0.15, 0.2) is 0 Å². The number of halogens is 1. The van der Waals surface area contributed by atoms with Crippen LogP contribution in [0.5, 0.6) is 0 Å². The van der Waals surface area contributed by atoms with Gasteiger partial charge in [0.1, 0.15) is 5.82 Å². The molecule has 2 N–H and O–H groups in total. The van der Waals surface area contributed by atoms with Gasteiger partial charge in [-0.3, -0.25) is 4.79 Å². The summed E-state index contributed by atoms with van der Waals surface area (Å²) < 4.78 is 13.4. The molecule has 0 aliphatic rings. The lowest BCUT2D eigenvalue weighted by Crippen LogP contribution is -2.38. The van der Waals surface area contributed by atoms with E-state index < -0.39 is 11.7 Å². The smallest absolute Gasteiger partial charge is 0.254 e. The van der Waals surface area contributed by atoms with E-state index in [9.17, 15) is 9.18 Å². The first-order valence-electron chi connectivity index (χ1n) is 5.36. The summed E-state index contributed by atoms with van der Waals surface area (Å²) in [6.45, 7) is 3.54. The van der Waals surface area contributed by atoms with Crippen molar-refractivity contribution in [1.29, 1.82) is 0 Å². The van der Waals surface area contributed by atoms with Gasteiger partial charge in [0.2, 0.25) is 0 Å². The van der Waals surface area contributed by atoms with Crippen LogP contribution >= 0.6 is 12.6 Å². The molecule has 0 aliphatic heterocycles. The third-order valence-electron chi connectivity index (χ3n) is 2.69. The fourth-order valence-electron chi connectivity index (χ4n) is 1.27. The summed E-state index contributed by atoms with van der Waals surface area (Å²) in [5, 5.41) is 11.6. The van der Waals surface area contributed by atoms with Crippen LogP contribution in [0.3, 0.4) is 0 Å². The van der Waals surface area contributed by atoms with Crippen molar-refractivity contribution in [3.8, 4) is 0 Å². The molecule has 94 valence electrons.